The molecule has 0 bridgehead atoms. The Labute approximate surface area is 137 Å². The molecule has 6 nitrogen and oxygen atoms in total. The number of nitriles is 1. The van der Waals surface area contributed by atoms with Crippen LogP contribution in [0.4, 0.5) is 5.69 Å². The van der Waals surface area contributed by atoms with E-state index in [0.29, 0.717) is 6.54 Å². The zero-order chi connectivity index (χ0) is 16.7. The van der Waals surface area contributed by atoms with Crippen LogP contribution in [0.15, 0.2) is 17.1 Å². The zero-order valence-electron chi connectivity index (χ0n) is 11.9. The summed E-state index contributed by atoms with van der Waals surface area (Å²) in [5.74, 6) is -2.31. The summed E-state index contributed by atoms with van der Waals surface area (Å²) >= 11 is 12.1. The van der Waals surface area contributed by atoms with E-state index in [0.717, 1.165) is 6.21 Å². The summed E-state index contributed by atoms with van der Waals surface area (Å²) in [4.78, 5) is 27.2. The van der Waals surface area contributed by atoms with Gasteiger partial charge in [-0.3, -0.25) is 14.6 Å². The van der Waals surface area contributed by atoms with E-state index in [-0.39, 0.29) is 21.3 Å². The van der Waals surface area contributed by atoms with Crippen LogP contribution in [0.25, 0.3) is 0 Å². The van der Waals surface area contributed by atoms with Crippen molar-refractivity contribution >= 4 is 47.0 Å². The van der Waals surface area contributed by atoms with Gasteiger partial charge in [-0.1, -0.05) is 23.2 Å². The molecule has 0 heterocycles. The lowest BCUT2D eigenvalue weighted by atomic mass is 10.1. The molecular weight excluding hydrogens is 329 g/mol. The van der Waals surface area contributed by atoms with Crippen molar-refractivity contribution in [1.82, 2.24) is 5.32 Å². The van der Waals surface area contributed by atoms with Crippen molar-refractivity contribution in [1.29, 1.82) is 5.26 Å². The lowest BCUT2D eigenvalue weighted by Gasteiger charge is -2.08. The first-order valence-corrected chi connectivity index (χ1v) is 6.99. The van der Waals surface area contributed by atoms with E-state index in [4.69, 9.17) is 28.5 Å². The molecule has 1 atom stereocenters. The number of esters is 1. The van der Waals surface area contributed by atoms with E-state index in [2.05, 4.69) is 15.0 Å². The lowest BCUT2D eigenvalue weighted by Crippen LogP contribution is -2.23. The molecule has 22 heavy (non-hydrogen) atoms. The molecule has 1 aromatic carbocycles. The smallest absolute Gasteiger partial charge is 0.328 e. The second kappa shape index (κ2) is 8.37. The number of carbonyl (C=O) groups excluding carboxylic acids is 2. The minimum Gasteiger partial charge on any atom is -0.468 e. The van der Waals surface area contributed by atoms with Gasteiger partial charge in [-0.25, -0.2) is 0 Å². The predicted molar refractivity (Wildman–Crippen MR) is 83.7 cm³/mol. The Morgan fingerprint density at radius 3 is 2.73 bits per heavy atom. The molecule has 1 aromatic rings. The number of amides is 1. The van der Waals surface area contributed by atoms with Gasteiger partial charge in [-0.05, 0) is 19.1 Å². The average molecular weight is 342 g/mol. The zero-order valence-corrected chi connectivity index (χ0v) is 13.4. The second-order valence-corrected chi connectivity index (χ2v) is 4.87. The number of hydrogen-bond donors (Lipinski definition) is 1. The number of hydrogen-bond acceptors (Lipinski definition) is 5. The largest absolute Gasteiger partial charge is 0.468 e. The van der Waals surface area contributed by atoms with Crippen LogP contribution in [0.1, 0.15) is 17.3 Å². The molecule has 0 fully saturated rings. The quantitative estimate of drug-likeness (QED) is 0.658. The average Bonchev–Trinajstić information content (AvgIpc) is 2.50. The van der Waals surface area contributed by atoms with Crippen LogP contribution < -0.4 is 5.32 Å². The monoisotopic (exact) mass is 341 g/mol. The lowest BCUT2D eigenvalue weighted by molar-refractivity contribution is -0.141. The standard InChI is InChI=1S/C14H13Cl2N3O3/c1-3-18-13(20)10-4-9(15)5-11(12(10)16)19-7-8(6-17)14(21)22-2/h4-5,7-8H,3H2,1-2H3,(H,18,20). The maximum atomic E-state index is 11.9. The molecule has 1 rings (SSSR count). The highest BCUT2D eigenvalue weighted by molar-refractivity contribution is 6.38. The van der Waals surface area contributed by atoms with Gasteiger partial charge in [0, 0.05) is 17.8 Å². The third-order valence-electron chi connectivity index (χ3n) is 2.56. The number of carbonyl (C=O) groups is 2. The van der Waals surface area contributed by atoms with E-state index in [1.807, 2.05) is 0 Å². The van der Waals surface area contributed by atoms with Crippen LogP contribution in [-0.4, -0.2) is 31.7 Å². The SMILES string of the molecule is CCNC(=O)c1cc(Cl)cc(N=CC(C#N)C(=O)OC)c1Cl. The molecular formula is C14H13Cl2N3O3. The third-order valence-corrected chi connectivity index (χ3v) is 3.17. The number of benzene rings is 1. The highest BCUT2D eigenvalue weighted by Crippen LogP contribution is 2.32. The molecule has 0 spiro atoms. The van der Waals surface area contributed by atoms with Crippen LogP contribution in [-0.2, 0) is 9.53 Å². The van der Waals surface area contributed by atoms with Crippen molar-refractivity contribution in [2.75, 3.05) is 13.7 Å². The Balaban J connectivity index is 3.18. The van der Waals surface area contributed by atoms with Gasteiger partial charge in [0.25, 0.3) is 5.91 Å². The molecule has 0 aliphatic carbocycles. The Kier molecular flexibility index (Phi) is 6.83. The minimum absolute atomic E-state index is 0.0770. The number of ether oxygens (including phenoxy) is 1. The Hall–Kier alpha value is -2.10. The highest BCUT2D eigenvalue weighted by Gasteiger charge is 2.17. The van der Waals surface area contributed by atoms with Gasteiger partial charge < -0.3 is 10.1 Å². The molecule has 1 unspecified atom stereocenters. The van der Waals surface area contributed by atoms with Crippen molar-refractivity contribution < 1.29 is 14.3 Å². The van der Waals surface area contributed by atoms with Crippen molar-refractivity contribution in [3.63, 3.8) is 0 Å². The number of nitrogens with one attached hydrogen (secondary N) is 1. The molecule has 0 radical (unpaired) electrons. The van der Waals surface area contributed by atoms with Gasteiger partial charge >= 0.3 is 5.97 Å². The maximum Gasteiger partial charge on any atom is 0.328 e. The topological polar surface area (TPSA) is 91.5 Å². The Bertz CT molecular complexity index is 653. The Morgan fingerprint density at radius 1 is 1.50 bits per heavy atom. The van der Waals surface area contributed by atoms with E-state index in [1.54, 1.807) is 13.0 Å². The first kappa shape index (κ1) is 18.0. The number of halogens is 2. The van der Waals surface area contributed by atoms with Gasteiger partial charge in [-0.15, -0.1) is 0 Å². The van der Waals surface area contributed by atoms with Crippen LogP contribution in [0.2, 0.25) is 10.0 Å². The van der Waals surface area contributed by atoms with Crippen LogP contribution in [0.3, 0.4) is 0 Å². The summed E-state index contributed by atoms with van der Waals surface area (Å²) in [5.41, 5.74) is 0.342. The Morgan fingerprint density at radius 2 is 2.18 bits per heavy atom. The first-order valence-electron chi connectivity index (χ1n) is 6.23. The molecule has 0 aliphatic heterocycles. The van der Waals surface area contributed by atoms with Crippen molar-refractivity contribution in [3.8, 4) is 6.07 Å². The fraction of sp³-hybridized carbons (Fsp3) is 0.286. The number of nitrogens with zero attached hydrogens (tertiary/aromatic N) is 2. The second-order valence-electron chi connectivity index (χ2n) is 4.05. The van der Waals surface area contributed by atoms with Gasteiger partial charge in [-0.2, -0.15) is 5.26 Å². The van der Waals surface area contributed by atoms with E-state index in [9.17, 15) is 9.59 Å². The summed E-state index contributed by atoms with van der Waals surface area (Å²) in [5, 5.41) is 11.8. The van der Waals surface area contributed by atoms with E-state index in [1.165, 1.54) is 19.2 Å². The molecule has 1 amide bonds. The van der Waals surface area contributed by atoms with Crippen molar-refractivity contribution in [3.05, 3.63) is 27.7 Å². The summed E-state index contributed by atoms with van der Waals surface area (Å²) in [6.45, 7) is 2.20. The summed E-state index contributed by atoms with van der Waals surface area (Å²) in [7, 11) is 1.17. The molecule has 0 aromatic heterocycles. The van der Waals surface area contributed by atoms with Gasteiger partial charge in [0.2, 0.25) is 0 Å². The van der Waals surface area contributed by atoms with Gasteiger partial charge in [0.05, 0.1) is 29.5 Å². The molecule has 0 aliphatic rings. The third kappa shape index (κ3) is 4.45. The summed E-state index contributed by atoms with van der Waals surface area (Å²) in [6.07, 6.45) is 1.09. The molecule has 8 heteroatoms. The predicted octanol–water partition coefficient (Wildman–Crippen LogP) is 2.76. The summed E-state index contributed by atoms with van der Waals surface area (Å²) < 4.78 is 4.46. The molecule has 0 saturated carbocycles. The van der Waals surface area contributed by atoms with Gasteiger partial charge in [0.1, 0.15) is 0 Å². The number of aliphatic imine (C=N–C) groups is 1. The van der Waals surface area contributed by atoms with E-state index >= 15 is 0 Å². The number of methoxy groups -OCH3 is 1. The fourth-order valence-corrected chi connectivity index (χ4v) is 1.97. The number of rotatable bonds is 5. The maximum absolute atomic E-state index is 11.9. The van der Waals surface area contributed by atoms with Gasteiger partial charge in [0.15, 0.2) is 5.92 Å². The summed E-state index contributed by atoms with van der Waals surface area (Å²) in [6, 6.07) is 4.57. The first-order chi connectivity index (χ1) is 10.4. The van der Waals surface area contributed by atoms with Crippen molar-refractivity contribution in [2.45, 2.75) is 6.92 Å². The van der Waals surface area contributed by atoms with Crippen LogP contribution in [0.5, 0.6) is 0 Å². The molecule has 0 saturated heterocycles. The minimum atomic E-state index is -1.17. The van der Waals surface area contributed by atoms with Crippen molar-refractivity contribution in [2.24, 2.45) is 10.9 Å². The normalized spacial score (nSPS) is 11.8. The van der Waals surface area contributed by atoms with E-state index < -0.39 is 17.8 Å². The highest BCUT2D eigenvalue weighted by atomic mass is 35.5. The van der Waals surface area contributed by atoms with Crippen LogP contribution >= 0.6 is 23.2 Å². The fourth-order valence-electron chi connectivity index (χ4n) is 1.52. The molecule has 116 valence electrons. The molecule has 1 N–H and O–H groups in total. The van der Waals surface area contributed by atoms with Crippen LogP contribution in [0, 0.1) is 17.2 Å².